The Bertz CT molecular complexity index is 128. The van der Waals surface area contributed by atoms with Gasteiger partial charge in [-0.25, -0.2) is 0 Å². The van der Waals surface area contributed by atoms with Gasteiger partial charge in [0, 0.05) is 0 Å². The first-order chi connectivity index (χ1) is 5.83. The van der Waals surface area contributed by atoms with Crippen molar-refractivity contribution in [2.24, 2.45) is 0 Å². The van der Waals surface area contributed by atoms with Gasteiger partial charge < -0.3 is 4.12 Å². The molecule has 0 fully saturated rings. The highest BCUT2D eigenvalue weighted by Gasteiger charge is 2.22. The average molecular weight is 214 g/mol. The minimum atomic E-state index is 0.372. The molecule has 1 nitrogen and oxygen atoms in total. The number of rotatable bonds is 6. The van der Waals surface area contributed by atoms with E-state index >= 15 is 0 Å². The third-order valence-electron chi connectivity index (χ3n) is 2.42. The molecule has 0 saturated heterocycles. The van der Waals surface area contributed by atoms with Gasteiger partial charge in [-0.05, 0) is 10.1 Å². The van der Waals surface area contributed by atoms with Crippen molar-refractivity contribution in [3.8, 4) is 0 Å². The van der Waals surface area contributed by atoms with Gasteiger partial charge >= 0.3 is 0 Å². The number of hydrogen-bond acceptors (Lipinski definition) is 1. The van der Waals surface area contributed by atoms with Gasteiger partial charge in [-0.1, -0.05) is 54.4 Å². The second kappa shape index (κ2) is 5.32. The van der Waals surface area contributed by atoms with Crippen LogP contribution < -0.4 is 0 Å². The summed E-state index contributed by atoms with van der Waals surface area (Å²) in [7, 11) is 1.30. The monoisotopic (exact) mass is 214 g/mol. The van der Waals surface area contributed by atoms with Gasteiger partial charge in [0.2, 0.25) is 19.5 Å². The molecule has 0 spiro atoms. The Morgan fingerprint density at radius 1 is 0.846 bits per heavy atom. The molecule has 0 aliphatic carbocycles. The minimum absolute atomic E-state index is 0.372. The molecule has 0 atom stereocenters. The van der Waals surface area contributed by atoms with Crippen LogP contribution in [-0.2, 0) is 4.12 Å². The van der Waals surface area contributed by atoms with Crippen LogP contribution in [-0.4, -0.2) is 19.5 Å². The normalized spacial score (nSPS) is 13.4. The van der Waals surface area contributed by atoms with E-state index in [0.29, 0.717) is 29.6 Å². The van der Waals surface area contributed by atoms with Crippen LogP contribution in [0.3, 0.4) is 0 Å². The maximum absolute atomic E-state index is 5.80. The van der Waals surface area contributed by atoms with Crippen LogP contribution in [0, 0.1) is 0 Å². The van der Waals surface area contributed by atoms with E-state index in [0.717, 1.165) is 0 Å². The van der Waals surface area contributed by atoms with Gasteiger partial charge in [-0.3, -0.25) is 0 Å². The van der Waals surface area contributed by atoms with Crippen LogP contribution in [0.4, 0.5) is 0 Å². The van der Waals surface area contributed by atoms with Gasteiger partial charge in [0.1, 0.15) is 0 Å². The molecule has 0 aliphatic heterocycles. The van der Waals surface area contributed by atoms with Crippen molar-refractivity contribution < 1.29 is 4.12 Å². The van der Waals surface area contributed by atoms with Gasteiger partial charge in [0.25, 0.3) is 0 Å². The summed E-state index contributed by atoms with van der Waals surface area (Å²) in [5.41, 5.74) is 0. The second-order valence-electron chi connectivity index (χ2n) is 4.78. The summed E-state index contributed by atoms with van der Waals surface area (Å²) < 4.78 is 5.80. The lowest BCUT2D eigenvalue weighted by Gasteiger charge is -2.25. The van der Waals surface area contributed by atoms with Crippen molar-refractivity contribution in [2.75, 3.05) is 0 Å². The summed E-state index contributed by atoms with van der Waals surface area (Å²) in [6, 6.07) is 0. The molecule has 0 saturated carbocycles. The molecule has 0 rings (SSSR count). The number of hydrogen-bond donors (Lipinski definition) is 0. The summed E-state index contributed by atoms with van der Waals surface area (Å²) in [5.74, 6) is 0. The summed E-state index contributed by atoms with van der Waals surface area (Å²) >= 11 is 0. The molecule has 13 heavy (non-hydrogen) atoms. The van der Waals surface area contributed by atoms with E-state index in [1.54, 1.807) is 0 Å². The molecule has 0 aromatic rings. The molecule has 0 N–H and O–H groups in total. The Hall–Kier alpha value is 0.394. The SMILES string of the molecule is CCC(C)(C)[Si]O[Si]C(C)(C)CC. The van der Waals surface area contributed by atoms with Crippen LogP contribution in [0.25, 0.3) is 0 Å². The van der Waals surface area contributed by atoms with Crippen molar-refractivity contribution in [3.63, 3.8) is 0 Å². The van der Waals surface area contributed by atoms with E-state index in [1.807, 2.05) is 0 Å². The molecular formula is C10H22OSi2. The molecule has 0 heterocycles. The zero-order valence-corrected chi connectivity index (χ0v) is 11.8. The zero-order valence-electron chi connectivity index (χ0n) is 9.82. The second-order valence-corrected chi connectivity index (χ2v) is 8.71. The maximum Gasteiger partial charge on any atom is 0.221 e. The molecule has 0 amide bonds. The Balaban J connectivity index is 3.68. The highest BCUT2D eigenvalue weighted by Crippen LogP contribution is 2.30. The predicted molar refractivity (Wildman–Crippen MR) is 61.3 cm³/mol. The molecule has 76 valence electrons. The maximum atomic E-state index is 5.80. The highest BCUT2D eigenvalue weighted by molar-refractivity contribution is 6.46. The van der Waals surface area contributed by atoms with Crippen molar-refractivity contribution in [1.29, 1.82) is 0 Å². The van der Waals surface area contributed by atoms with Crippen LogP contribution in [0.15, 0.2) is 0 Å². The molecule has 0 bridgehead atoms. The summed E-state index contributed by atoms with van der Waals surface area (Å²) in [6.45, 7) is 13.5. The van der Waals surface area contributed by atoms with Gasteiger partial charge in [0.05, 0.1) is 0 Å². The lowest BCUT2D eigenvalue weighted by molar-refractivity contribution is 0.497. The predicted octanol–water partition coefficient (Wildman–Crippen LogP) is 3.46. The van der Waals surface area contributed by atoms with Crippen LogP contribution in [0.2, 0.25) is 10.1 Å². The van der Waals surface area contributed by atoms with Crippen LogP contribution in [0.5, 0.6) is 0 Å². The van der Waals surface area contributed by atoms with E-state index in [-0.39, 0.29) is 0 Å². The standard InChI is InChI=1S/C10H22OSi2/c1-7-9(3,4)12-11-13-10(5,6)8-2/h7-8H2,1-6H3. The quantitative estimate of drug-likeness (QED) is 0.615. The van der Waals surface area contributed by atoms with Crippen molar-refractivity contribution in [3.05, 3.63) is 0 Å². The third kappa shape index (κ3) is 6.46. The molecule has 0 aromatic carbocycles. The largest absolute Gasteiger partial charge is 0.456 e. The van der Waals surface area contributed by atoms with Gasteiger partial charge in [0.15, 0.2) is 0 Å². The van der Waals surface area contributed by atoms with Gasteiger partial charge in [-0.15, -0.1) is 0 Å². The Morgan fingerprint density at radius 2 is 1.15 bits per heavy atom. The van der Waals surface area contributed by atoms with E-state index in [9.17, 15) is 0 Å². The first-order valence-electron chi connectivity index (χ1n) is 5.03. The molecule has 0 aromatic heterocycles. The van der Waals surface area contributed by atoms with E-state index in [1.165, 1.54) is 12.8 Å². The fraction of sp³-hybridized carbons (Fsp3) is 1.00. The molecular weight excluding hydrogens is 192 g/mol. The van der Waals surface area contributed by atoms with E-state index in [2.05, 4.69) is 41.5 Å². The Morgan fingerprint density at radius 3 is 1.38 bits per heavy atom. The zero-order chi connectivity index (χ0) is 10.5. The molecule has 0 unspecified atom stereocenters. The van der Waals surface area contributed by atoms with Crippen molar-refractivity contribution >= 4 is 19.5 Å². The first kappa shape index (κ1) is 13.4. The smallest absolute Gasteiger partial charge is 0.221 e. The van der Waals surface area contributed by atoms with Crippen molar-refractivity contribution in [2.45, 2.75) is 64.5 Å². The summed E-state index contributed by atoms with van der Waals surface area (Å²) in [4.78, 5) is 0. The third-order valence-corrected chi connectivity index (χ3v) is 5.05. The molecule has 0 aliphatic rings. The highest BCUT2D eigenvalue weighted by atomic mass is 28.3. The van der Waals surface area contributed by atoms with E-state index in [4.69, 9.17) is 4.12 Å². The fourth-order valence-electron chi connectivity index (χ4n) is 0.446. The molecule has 4 radical (unpaired) electrons. The molecule has 3 heteroatoms. The van der Waals surface area contributed by atoms with Gasteiger partial charge in [-0.2, -0.15) is 0 Å². The Kier molecular flexibility index (Phi) is 5.48. The summed E-state index contributed by atoms with van der Waals surface area (Å²) in [5, 5.41) is 0.744. The van der Waals surface area contributed by atoms with Crippen molar-refractivity contribution in [1.82, 2.24) is 0 Å². The Labute approximate surface area is 88.5 Å². The summed E-state index contributed by atoms with van der Waals surface area (Å²) in [6.07, 6.45) is 2.39. The fourth-order valence-corrected chi connectivity index (χ4v) is 3.15. The van der Waals surface area contributed by atoms with Crippen LogP contribution in [0.1, 0.15) is 54.4 Å². The first-order valence-corrected chi connectivity index (χ1v) is 6.85. The topological polar surface area (TPSA) is 9.23 Å². The van der Waals surface area contributed by atoms with Crippen LogP contribution >= 0.6 is 0 Å². The van der Waals surface area contributed by atoms with E-state index < -0.39 is 0 Å². The minimum Gasteiger partial charge on any atom is -0.456 e. The lowest BCUT2D eigenvalue weighted by Crippen LogP contribution is -2.23. The lowest BCUT2D eigenvalue weighted by atomic mass is 10.1. The average Bonchev–Trinajstić information content (AvgIpc) is 2.04.